The van der Waals surface area contributed by atoms with Crippen LogP contribution in [0.2, 0.25) is 0 Å². The van der Waals surface area contributed by atoms with Crippen LogP contribution in [0.3, 0.4) is 0 Å². The molecule has 0 atom stereocenters. The van der Waals surface area contributed by atoms with E-state index in [1.54, 1.807) is 24.2 Å². The molecule has 0 aliphatic carbocycles. The van der Waals surface area contributed by atoms with Crippen molar-refractivity contribution in [3.63, 3.8) is 0 Å². The van der Waals surface area contributed by atoms with Gasteiger partial charge in [0, 0.05) is 40.0 Å². The summed E-state index contributed by atoms with van der Waals surface area (Å²) in [6.45, 7) is 2.77. The Balaban J connectivity index is 2.11. The van der Waals surface area contributed by atoms with Gasteiger partial charge in [-0.3, -0.25) is 4.79 Å². The van der Waals surface area contributed by atoms with E-state index in [1.807, 2.05) is 7.05 Å². The number of carbonyl (C=O) groups is 1. The molecule has 0 spiro atoms. The van der Waals surface area contributed by atoms with Crippen molar-refractivity contribution >= 4 is 5.91 Å². The summed E-state index contributed by atoms with van der Waals surface area (Å²) in [6, 6.07) is 0. The minimum Gasteiger partial charge on any atom is -0.383 e. The summed E-state index contributed by atoms with van der Waals surface area (Å²) in [5.41, 5.74) is 0.444. The van der Waals surface area contributed by atoms with Crippen molar-refractivity contribution in [3.8, 4) is 0 Å². The average molecular weight is 226 g/mol. The van der Waals surface area contributed by atoms with Gasteiger partial charge in [0.1, 0.15) is 5.69 Å². The van der Waals surface area contributed by atoms with Crippen LogP contribution in [0.25, 0.3) is 0 Å². The number of nitrogens with one attached hydrogen (secondary N) is 2. The molecule has 0 aromatic carbocycles. The molecule has 6 heteroatoms. The SMILES string of the molecule is COCCNCCNC(=O)c1cn(C)cn1. The van der Waals surface area contributed by atoms with Crippen LogP contribution < -0.4 is 10.6 Å². The number of ether oxygens (including phenoxy) is 1. The fourth-order valence-corrected chi connectivity index (χ4v) is 1.18. The predicted octanol–water partition coefficient (Wildman–Crippen LogP) is -0.614. The van der Waals surface area contributed by atoms with Gasteiger partial charge in [0.05, 0.1) is 12.9 Å². The molecule has 1 aromatic heterocycles. The van der Waals surface area contributed by atoms with Crippen molar-refractivity contribution in [2.45, 2.75) is 0 Å². The van der Waals surface area contributed by atoms with Crippen molar-refractivity contribution in [1.82, 2.24) is 20.2 Å². The molecule has 0 bridgehead atoms. The summed E-state index contributed by atoms with van der Waals surface area (Å²) in [4.78, 5) is 15.5. The van der Waals surface area contributed by atoms with E-state index in [0.29, 0.717) is 18.8 Å². The number of imidazole rings is 1. The third-order valence-electron chi connectivity index (χ3n) is 2.01. The lowest BCUT2D eigenvalue weighted by atomic mass is 10.4. The van der Waals surface area contributed by atoms with E-state index >= 15 is 0 Å². The molecular weight excluding hydrogens is 208 g/mol. The molecule has 0 fully saturated rings. The molecule has 16 heavy (non-hydrogen) atoms. The zero-order chi connectivity index (χ0) is 11.8. The van der Waals surface area contributed by atoms with Crippen LogP contribution in [0.15, 0.2) is 12.5 Å². The highest BCUT2D eigenvalue weighted by Gasteiger charge is 2.06. The number of amides is 1. The van der Waals surface area contributed by atoms with Crippen LogP contribution in [0.4, 0.5) is 0 Å². The average Bonchev–Trinajstić information content (AvgIpc) is 2.70. The van der Waals surface area contributed by atoms with Crippen LogP contribution in [0, 0.1) is 0 Å². The van der Waals surface area contributed by atoms with Gasteiger partial charge in [0.2, 0.25) is 0 Å². The summed E-state index contributed by atoms with van der Waals surface area (Å²) in [5.74, 6) is -0.144. The summed E-state index contributed by atoms with van der Waals surface area (Å²) in [5, 5.41) is 5.90. The number of nitrogens with zero attached hydrogens (tertiary/aromatic N) is 2. The second-order valence-corrected chi connectivity index (χ2v) is 3.42. The largest absolute Gasteiger partial charge is 0.383 e. The highest BCUT2D eigenvalue weighted by molar-refractivity contribution is 5.91. The molecule has 1 amide bonds. The molecule has 90 valence electrons. The van der Waals surface area contributed by atoms with Gasteiger partial charge >= 0.3 is 0 Å². The Morgan fingerprint density at radius 1 is 1.50 bits per heavy atom. The zero-order valence-electron chi connectivity index (χ0n) is 9.69. The second-order valence-electron chi connectivity index (χ2n) is 3.42. The molecule has 1 rings (SSSR count). The van der Waals surface area contributed by atoms with Crippen LogP contribution >= 0.6 is 0 Å². The van der Waals surface area contributed by atoms with E-state index in [4.69, 9.17) is 4.74 Å². The van der Waals surface area contributed by atoms with Crippen LogP contribution in [-0.2, 0) is 11.8 Å². The second kappa shape index (κ2) is 6.97. The van der Waals surface area contributed by atoms with Crippen LogP contribution in [0.5, 0.6) is 0 Å². The maximum absolute atomic E-state index is 11.5. The van der Waals surface area contributed by atoms with Crippen molar-refractivity contribution in [2.24, 2.45) is 7.05 Å². The lowest BCUT2D eigenvalue weighted by molar-refractivity contribution is 0.0949. The predicted molar refractivity (Wildman–Crippen MR) is 60.3 cm³/mol. The standard InChI is InChI=1S/C10H18N4O2/c1-14-7-9(13-8-14)10(15)12-4-3-11-5-6-16-2/h7-8,11H,3-6H2,1-2H3,(H,12,15). The molecule has 1 heterocycles. The Hall–Kier alpha value is -1.40. The molecule has 0 aliphatic rings. The molecule has 0 unspecified atom stereocenters. The molecule has 0 radical (unpaired) electrons. The first kappa shape index (κ1) is 12.7. The van der Waals surface area contributed by atoms with Gasteiger partial charge in [-0.1, -0.05) is 0 Å². The summed E-state index contributed by atoms with van der Waals surface area (Å²) in [6.07, 6.45) is 3.29. The topological polar surface area (TPSA) is 68.2 Å². The molecule has 0 aliphatic heterocycles. The normalized spacial score (nSPS) is 10.4. The lowest BCUT2D eigenvalue weighted by Gasteiger charge is -2.04. The third-order valence-corrected chi connectivity index (χ3v) is 2.01. The number of aryl methyl sites for hydroxylation is 1. The smallest absolute Gasteiger partial charge is 0.271 e. The van der Waals surface area contributed by atoms with Gasteiger partial charge in [-0.2, -0.15) is 0 Å². The number of carbonyl (C=O) groups excluding carboxylic acids is 1. The number of hydrogen-bond acceptors (Lipinski definition) is 4. The van der Waals surface area contributed by atoms with E-state index in [9.17, 15) is 4.79 Å². The maximum Gasteiger partial charge on any atom is 0.271 e. The van der Waals surface area contributed by atoms with Crippen molar-refractivity contribution < 1.29 is 9.53 Å². The van der Waals surface area contributed by atoms with Crippen molar-refractivity contribution in [1.29, 1.82) is 0 Å². The van der Waals surface area contributed by atoms with Gasteiger partial charge in [-0.05, 0) is 0 Å². The minimum absolute atomic E-state index is 0.144. The van der Waals surface area contributed by atoms with E-state index in [-0.39, 0.29) is 5.91 Å². The lowest BCUT2D eigenvalue weighted by Crippen LogP contribution is -2.33. The molecule has 1 aromatic rings. The monoisotopic (exact) mass is 226 g/mol. The number of rotatable bonds is 7. The Bertz CT molecular complexity index is 324. The van der Waals surface area contributed by atoms with Gasteiger partial charge in [0.15, 0.2) is 0 Å². The number of hydrogen-bond donors (Lipinski definition) is 2. The van der Waals surface area contributed by atoms with E-state index < -0.39 is 0 Å². The van der Waals surface area contributed by atoms with Gasteiger partial charge in [-0.25, -0.2) is 4.98 Å². The Labute approximate surface area is 95.0 Å². The Kier molecular flexibility index (Phi) is 5.52. The quantitative estimate of drug-likeness (QED) is 0.608. The molecule has 0 saturated carbocycles. The zero-order valence-corrected chi connectivity index (χ0v) is 9.69. The molecule has 0 saturated heterocycles. The van der Waals surface area contributed by atoms with Gasteiger partial charge < -0.3 is 19.9 Å². The first-order chi connectivity index (χ1) is 7.74. The Morgan fingerprint density at radius 2 is 2.31 bits per heavy atom. The first-order valence-electron chi connectivity index (χ1n) is 5.20. The van der Waals surface area contributed by atoms with Crippen molar-refractivity contribution in [2.75, 3.05) is 33.4 Å². The van der Waals surface area contributed by atoms with Crippen molar-refractivity contribution in [3.05, 3.63) is 18.2 Å². The van der Waals surface area contributed by atoms with Gasteiger partial charge in [-0.15, -0.1) is 0 Å². The Morgan fingerprint density at radius 3 is 2.94 bits per heavy atom. The third kappa shape index (κ3) is 4.41. The molecular formula is C10H18N4O2. The van der Waals surface area contributed by atoms with Crippen LogP contribution in [-0.4, -0.2) is 48.8 Å². The fourth-order valence-electron chi connectivity index (χ4n) is 1.18. The summed E-state index contributed by atoms with van der Waals surface area (Å²) in [7, 11) is 3.49. The van der Waals surface area contributed by atoms with Gasteiger partial charge in [0.25, 0.3) is 5.91 Å². The highest BCUT2D eigenvalue weighted by atomic mass is 16.5. The number of aromatic nitrogens is 2. The highest BCUT2D eigenvalue weighted by Crippen LogP contribution is 1.92. The maximum atomic E-state index is 11.5. The van der Waals surface area contributed by atoms with E-state index in [2.05, 4.69) is 15.6 Å². The number of methoxy groups -OCH3 is 1. The molecule has 6 nitrogen and oxygen atoms in total. The molecule has 2 N–H and O–H groups in total. The van der Waals surface area contributed by atoms with E-state index in [0.717, 1.165) is 13.1 Å². The van der Waals surface area contributed by atoms with E-state index in [1.165, 1.54) is 0 Å². The first-order valence-corrected chi connectivity index (χ1v) is 5.20. The fraction of sp³-hybridized carbons (Fsp3) is 0.600. The summed E-state index contributed by atoms with van der Waals surface area (Å²) < 4.78 is 6.62. The minimum atomic E-state index is -0.144. The summed E-state index contributed by atoms with van der Waals surface area (Å²) >= 11 is 0. The van der Waals surface area contributed by atoms with Crippen LogP contribution in [0.1, 0.15) is 10.5 Å².